The number of aromatic nitrogens is 2. The van der Waals surface area contributed by atoms with Crippen LogP contribution in [0.5, 0.6) is 5.75 Å². The highest BCUT2D eigenvalue weighted by atomic mass is 16.5. The summed E-state index contributed by atoms with van der Waals surface area (Å²) in [5, 5.41) is 4.15. The van der Waals surface area contributed by atoms with Crippen molar-refractivity contribution in [1.82, 2.24) is 9.78 Å². The molecule has 0 N–H and O–H groups in total. The van der Waals surface area contributed by atoms with Crippen molar-refractivity contribution in [3.8, 4) is 29.2 Å². The third-order valence-corrected chi connectivity index (χ3v) is 3.08. The maximum atomic E-state index is 12.4. The molecule has 0 bridgehead atoms. The highest BCUT2D eigenvalue weighted by Crippen LogP contribution is 2.30. The van der Waals surface area contributed by atoms with Gasteiger partial charge in [0.15, 0.2) is 5.75 Å². The lowest BCUT2D eigenvalue weighted by molar-refractivity contribution is 0.363. The van der Waals surface area contributed by atoms with Crippen molar-refractivity contribution in [2.45, 2.75) is 13.8 Å². The number of terminal acetylenes is 1. The topological polar surface area (TPSA) is 44.1 Å². The van der Waals surface area contributed by atoms with E-state index in [2.05, 4.69) is 11.0 Å². The van der Waals surface area contributed by atoms with Gasteiger partial charge in [0.25, 0.3) is 5.56 Å². The summed E-state index contributed by atoms with van der Waals surface area (Å²) in [4.78, 5) is 12.4. The Labute approximate surface area is 118 Å². The zero-order valence-electron chi connectivity index (χ0n) is 11.8. The first-order valence-corrected chi connectivity index (χ1v) is 6.26. The lowest BCUT2D eigenvalue weighted by atomic mass is 10.0. The molecule has 1 heterocycles. The molecule has 0 radical (unpaired) electrons. The van der Waals surface area contributed by atoms with Gasteiger partial charge < -0.3 is 4.74 Å². The molecule has 2 rings (SSSR count). The van der Waals surface area contributed by atoms with Crippen molar-refractivity contribution in [2.24, 2.45) is 7.05 Å². The van der Waals surface area contributed by atoms with Gasteiger partial charge in [-0.05, 0) is 25.0 Å². The van der Waals surface area contributed by atoms with Crippen LogP contribution >= 0.6 is 0 Å². The van der Waals surface area contributed by atoms with Crippen LogP contribution in [0.4, 0.5) is 0 Å². The van der Waals surface area contributed by atoms with E-state index in [-0.39, 0.29) is 12.2 Å². The molecule has 0 aliphatic rings. The quantitative estimate of drug-likeness (QED) is 0.800. The van der Waals surface area contributed by atoms with Gasteiger partial charge in [-0.15, -0.1) is 6.42 Å². The van der Waals surface area contributed by atoms with Crippen LogP contribution in [0.2, 0.25) is 0 Å². The molecule has 0 fully saturated rings. The molecule has 0 unspecified atom stereocenters. The summed E-state index contributed by atoms with van der Waals surface area (Å²) >= 11 is 0. The molecule has 0 amide bonds. The molecule has 1 aromatic carbocycles. The van der Waals surface area contributed by atoms with E-state index in [0.717, 1.165) is 11.1 Å². The van der Waals surface area contributed by atoms with Crippen molar-refractivity contribution in [1.29, 1.82) is 0 Å². The third kappa shape index (κ3) is 2.43. The van der Waals surface area contributed by atoms with Crippen LogP contribution in [0.15, 0.2) is 29.1 Å². The van der Waals surface area contributed by atoms with E-state index in [1.807, 2.05) is 31.2 Å². The first-order chi connectivity index (χ1) is 9.56. The molecule has 2 aromatic rings. The Balaban J connectivity index is 2.76. The van der Waals surface area contributed by atoms with E-state index in [9.17, 15) is 4.79 Å². The summed E-state index contributed by atoms with van der Waals surface area (Å²) in [6, 6.07) is 7.67. The molecule has 0 saturated carbocycles. The molecule has 1 aromatic heterocycles. The first-order valence-electron chi connectivity index (χ1n) is 6.26. The maximum Gasteiger partial charge on any atom is 0.278 e. The zero-order valence-corrected chi connectivity index (χ0v) is 11.8. The Bertz CT molecular complexity index is 739. The van der Waals surface area contributed by atoms with Crippen LogP contribution in [0.25, 0.3) is 11.1 Å². The summed E-state index contributed by atoms with van der Waals surface area (Å²) in [7, 11) is 1.63. The van der Waals surface area contributed by atoms with Gasteiger partial charge in [-0.1, -0.05) is 30.2 Å². The minimum absolute atomic E-state index is 0.106. The molecule has 4 heteroatoms. The average Bonchev–Trinajstić information content (AvgIpc) is 2.42. The Morgan fingerprint density at radius 2 is 2.05 bits per heavy atom. The maximum absolute atomic E-state index is 12.4. The summed E-state index contributed by atoms with van der Waals surface area (Å²) in [5.41, 5.74) is 2.79. The number of rotatable bonds is 3. The standard InChI is InChI=1S/C16H16N2O2/c1-5-10-20-15-12(3)17-18(4)16(19)14(15)13-9-7-6-8-11(13)2/h1,6-9H,10H2,2-4H3. The summed E-state index contributed by atoms with van der Waals surface area (Å²) in [6.07, 6.45) is 5.23. The number of ether oxygens (including phenoxy) is 1. The predicted octanol–water partition coefficient (Wildman–Crippen LogP) is 2.08. The highest BCUT2D eigenvalue weighted by Gasteiger charge is 2.18. The van der Waals surface area contributed by atoms with Gasteiger partial charge in [0.05, 0.1) is 5.56 Å². The largest absolute Gasteiger partial charge is 0.478 e. The van der Waals surface area contributed by atoms with E-state index in [1.54, 1.807) is 14.0 Å². The first kappa shape index (κ1) is 13.9. The van der Waals surface area contributed by atoms with E-state index < -0.39 is 0 Å². The predicted molar refractivity (Wildman–Crippen MR) is 78.7 cm³/mol. The van der Waals surface area contributed by atoms with Crippen molar-refractivity contribution in [3.05, 3.63) is 45.9 Å². The summed E-state index contributed by atoms with van der Waals surface area (Å²) < 4.78 is 6.87. The van der Waals surface area contributed by atoms with Crippen molar-refractivity contribution in [2.75, 3.05) is 6.61 Å². The third-order valence-electron chi connectivity index (χ3n) is 3.08. The van der Waals surface area contributed by atoms with E-state index in [4.69, 9.17) is 11.2 Å². The van der Waals surface area contributed by atoms with Gasteiger partial charge in [-0.3, -0.25) is 4.79 Å². The normalized spacial score (nSPS) is 10.1. The van der Waals surface area contributed by atoms with Crippen molar-refractivity contribution < 1.29 is 4.74 Å². The minimum Gasteiger partial charge on any atom is -0.478 e. The number of hydrogen-bond acceptors (Lipinski definition) is 3. The smallest absolute Gasteiger partial charge is 0.278 e. The highest BCUT2D eigenvalue weighted by molar-refractivity contribution is 5.73. The molecule has 0 atom stereocenters. The molecule has 0 aliphatic carbocycles. The second kappa shape index (κ2) is 5.62. The minimum atomic E-state index is -0.197. The lowest BCUT2D eigenvalue weighted by Gasteiger charge is -2.14. The zero-order chi connectivity index (χ0) is 14.7. The fourth-order valence-corrected chi connectivity index (χ4v) is 2.14. The Morgan fingerprint density at radius 1 is 1.35 bits per heavy atom. The Morgan fingerprint density at radius 3 is 2.70 bits per heavy atom. The monoisotopic (exact) mass is 268 g/mol. The molecular formula is C16H16N2O2. The van der Waals surface area contributed by atoms with Crippen LogP contribution < -0.4 is 10.3 Å². The van der Waals surface area contributed by atoms with E-state index in [1.165, 1.54) is 4.68 Å². The molecule has 0 spiro atoms. The summed E-state index contributed by atoms with van der Waals surface area (Å²) in [5.74, 6) is 2.87. The second-order valence-corrected chi connectivity index (χ2v) is 4.53. The molecular weight excluding hydrogens is 252 g/mol. The molecule has 102 valence electrons. The van der Waals surface area contributed by atoms with Gasteiger partial charge in [-0.2, -0.15) is 5.10 Å². The van der Waals surface area contributed by atoms with Crippen LogP contribution in [0.3, 0.4) is 0 Å². The van der Waals surface area contributed by atoms with Gasteiger partial charge in [-0.25, -0.2) is 4.68 Å². The van der Waals surface area contributed by atoms with Crippen molar-refractivity contribution in [3.63, 3.8) is 0 Å². The van der Waals surface area contributed by atoms with Gasteiger partial charge in [0, 0.05) is 7.05 Å². The Hall–Kier alpha value is -2.54. The molecule has 0 aliphatic heterocycles. The number of hydrogen-bond donors (Lipinski definition) is 0. The lowest BCUT2D eigenvalue weighted by Crippen LogP contribution is -2.24. The average molecular weight is 268 g/mol. The van der Waals surface area contributed by atoms with Gasteiger partial charge >= 0.3 is 0 Å². The van der Waals surface area contributed by atoms with Crippen LogP contribution in [-0.2, 0) is 7.05 Å². The molecule has 4 nitrogen and oxygen atoms in total. The number of benzene rings is 1. The van der Waals surface area contributed by atoms with Crippen molar-refractivity contribution >= 4 is 0 Å². The van der Waals surface area contributed by atoms with Gasteiger partial charge in [0.1, 0.15) is 12.3 Å². The second-order valence-electron chi connectivity index (χ2n) is 4.53. The van der Waals surface area contributed by atoms with Gasteiger partial charge in [0.2, 0.25) is 0 Å². The van der Waals surface area contributed by atoms with Crippen LogP contribution in [0.1, 0.15) is 11.3 Å². The molecule has 20 heavy (non-hydrogen) atoms. The van der Waals surface area contributed by atoms with E-state index >= 15 is 0 Å². The summed E-state index contributed by atoms with van der Waals surface area (Å²) in [6.45, 7) is 3.86. The Kier molecular flexibility index (Phi) is 3.90. The molecule has 0 saturated heterocycles. The number of nitrogens with zero attached hydrogens (tertiary/aromatic N) is 2. The fraction of sp³-hybridized carbons (Fsp3) is 0.250. The van der Waals surface area contributed by atoms with Crippen LogP contribution in [0, 0.1) is 26.2 Å². The number of aryl methyl sites for hydroxylation is 3. The van der Waals surface area contributed by atoms with Crippen LogP contribution in [-0.4, -0.2) is 16.4 Å². The van der Waals surface area contributed by atoms with E-state index in [0.29, 0.717) is 17.0 Å². The fourth-order valence-electron chi connectivity index (χ4n) is 2.14. The SMILES string of the molecule is C#CCOc1c(C)nn(C)c(=O)c1-c1ccccc1C.